The van der Waals surface area contributed by atoms with Gasteiger partial charge >= 0.3 is 0 Å². The van der Waals surface area contributed by atoms with Crippen molar-refractivity contribution in [2.24, 2.45) is 0 Å². The van der Waals surface area contributed by atoms with Crippen LogP contribution in [0.1, 0.15) is 17.2 Å². The number of ether oxygens (including phenoxy) is 1. The van der Waals surface area contributed by atoms with E-state index in [1.807, 2.05) is 0 Å². The summed E-state index contributed by atoms with van der Waals surface area (Å²) in [7, 11) is 1.46. The molecule has 78 valence electrons. The lowest BCUT2D eigenvalue weighted by atomic mass is 10.0. The monoisotopic (exact) mass is 202 g/mol. The molecular weight excluding hydrogens is 190 g/mol. The molecule has 0 aliphatic rings. The molecule has 1 aromatic carbocycles. The van der Waals surface area contributed by atoms with Crippen LogP contribution < -0.4 is 4.74 Å². The average Bonchev–Trinajstić information content (AvgIpc) is 2.17. The Balaban J connectivity index is 3.09. The second-order valence-electron chi connectivity index (χ2n) is 2.95. The number of methoxy groups -OCH3 is 1. The summed E-state index contributed by atoms with van der Waals surface area (Å²) < 4.78 is 29.4. The van der Waals surface area contributed by atoms with Gasteiger partial charge in [0.1, 0.15) is 11.9 Å². The highest BCUT2D eigenvalue weighted by molar-refractivity contribution is 5.40. The Bertz CT molecular complexity index is 313. The summed E-state index contributed by atoms with van der Waals surface area (Å²) in [6, 6.07) is 4.71. The number of halogens is 2. The molecule has 1 unspecified atom stereocenters. The fraction of sp³-hybridized carbons (Fsp3) is 0.400. The number of rotatable bonds is 3. The molecule has 1 aromatic rings. The Labute approximate surface area is 81.1 Å². The van der Waals surface area contributed by atoms with E-state index in [1.54, 1.807) is 19.1 Å². The van der Waals surface area contributed by atoms with Crippen LogP contribution >= 0.6 is 0 Å². The third-order valence-electron chi connectivity index (χ3n) is 2.10. The van der Waals surface area contributed by atoms with Gasteiger partial charge in [0.25, 0.3) is 6.43 Å². The molecule has 1 atom stereocenters. The van der Waals surface area contributed by atoms with Crippen molar-refractivity contribution in [3.8, 4) is 5.75 Å². The number of benzene rings is 1. The quantitative estimate of drug-likeness (QED) is 0.814. The van der Waals surface area contributed by atoms with Crippen molar-refractivity contribution in [3.63, 3.8) is 0 Å². The van der Waals surface area contributed by atoms with Crippen LogP contribution in [0.15, 0.2) is 18.2 Å². The molecule has 2 nitrogen and oxygen atoms in total. The first-order valence-corrected chi connectivity index (χ1v) is 4.17. The van der Waals surface area contributed by atoms with E-state index in [2.05, 4.69) is 0 Å². The molecule has 4 heteroatoms. The zero-order chi connectivity index (χ0) is 10.7. The van der Waals surface area contributed by atoms with Crippen molar-refractivity contribution in [2.45, 2.75) is 19.5 Å². The summed E-state index contributed by atoms with van der Waals surface area (Å²) in [5.41, 5.74) is 0.752. The highest BCUT2D eigenvalue weighted by Gasteiger charge is 2.21. The first-order valence-electron chi connectivity index (χ1n) is 4.17. The molecule has 0 heterocycles. The van der Waals surface area contributed by atoms with Crippen molar-refractivity contribution in [3.05, 3.63) is 29.3 Å². The van der Waals surface area contributed by atoms with E-state index >= 15 is 0 Å². The van der Waals surface area contributed by atoms with E-state index in [0.717, 1.165) is 0 Å². The minimum atomic E-state index is -2.78. The summed E-state index contributed by atoms with van der Waals surface area (Å²) in [5, 5.41) is 9.19. The van der Waals surface area contributed by atoms with E-state index < -0.39 is 12.5 Å². The topological polar surface area (TPSA) is 29.5 Å². The predicted octanol–water partition coefficient (Wildman–Crippen LogP) is 2.30. The van der Waals surface area contributed by atoms with Crippen LogP contribution in [0.5, 0.6) is 5.75 Å². The maximum absolute atomic E-state index is 12.2. The Morgan fingerprint density at radius 1 is 1.36 bits per heavy atom. The van der Waals surface area contributed by atoms with Crippen LogP contribution in [0.4, 0.5) is 8.78 Å². The molecular formula is C10H12F2O2. The Morgan fingerprint density at radius 3 is 2.50 bits per heavy atom. The first kappa shape index (κ1) is 10.9. The molecule has 0 bridgehead atoms. The highest BCUT2D eigenvalue weighted by atomic mass is 19.3. The third-order valence-corrected chi connectivity index (χ3v) is 2.10. The van der Waals surface area contributed by atoms with Crippen molar-refractivity contribution in [1.29, 1.82) is 0 Å². The fourth-order valence-corrected chi connectivity index (χ4v) is 1.31. The molecule has 0 amide bonds. The molecule has 1 N–H and O–H groups in total. The summed E-state index contributed by atoms with van der Waals surface area (Å²) in [4.78, 5) is 0. The Kier molecular flexibility index (Phi) is 3.41. The molecule has 0 aromatic heterocycles. The molecule has 0 fully saturated rings. The first-order chi connectivity index (χ1) is 6.57. The maximum atomic E-state index is 12.2. The molecule has 14 heavy (non-hydrogen) atoms. The van der Waals surface area contributed by atoms with Crippen molar-refractivity contribution < 1.29 is 18.6 Å². The van der Waals surface area contributed by atoms with Crippen LogP contribution in [0, 0.1) is 6.92 Å². The molecule has 0 aliphatic heterocycles. The van der Waals surface area contributed by atoms with Gasteiger partial charge < -0.3 is 9.84 Å². The zero-order valence-electron chi connectivity index (χ0n) is 8.00. The number of alkyl halides is 2. The lowest BCUT2D eigenvalue weighted by molar-refractivity contribution is -0.00623. The van der Waals surface area contributed by atoms with E-state index in [0.29, 0.717) is 11.3 Å². The van der Waals surface area contributed by atoms with Gasteiger partial charge in [0, 0.05) is 0 Å². The minimum Gasteiger partial charge on any atom is -0.496 e. The second-order valence-corrected chi connectivity index (χ2v) is 2.95. The molecule has 0 aliphatic carbocycles. The van der Waals surface area contributed by atoms with E-state index in [1.165, 1.54) is 13.2 Å². The van der Waals surface area contributed by atoms with Gasteiger partial charge in [-0.15, -0.1) is 0 Å². The molecule has 0 saturated carbocycles. The molecule has 0 saturated heterocycles. The molecule has 0 spiro atoms. The highest BCUT2D eigenvalue weighted by Crippen LogP contribution is 2.28. The van der Waals surface area contributed by atoms with Crippen LogP contribution in [0.2, 0.25) is 0 Å². The smallest absolute Gasteiger partial charge is 0.268 e. The minimum absolute atomic E-state index is 0.208. The Hall–Kier alpha value is -1.16. The normalized spacial score (nSPS) is 13.0. The third kappa shape index (κ3) is 2.01. The van der Waals surface area contributed by atoms with Gasteiger partial charge in [-0.1, -0.05) is 12.1 Å². The van der Waals surface area contributed by atoms with Crippen LogP contribution in [-0.4, -0.2) is 18.6 Å². The lowest BCUT2D eigenvalue weighted by Gasteiger charge is -2.14. The SMILES string of the molecule is COc1cccc(C(O)C(F)F)c1C. The zero-order valence-corrected chi connectivity index (χ0v) is 8.00. The molecule has 1 rings (SSSR count). The van der Waals surface area contributed by atoms with Crippen molar-refractivity contribution in [2.75, 3.05) is 7.11 Å². The Morgan fingerprint density at radius 2 is 2.00 bits per heavy atom. The number of hydrogen-bond acceptors (Lipinski definition) is 2. The lowest BCUT2D eigenvalue weighted by Crippen LogP contribution is -2.10. The summed E-state index contributed by atoms with van der Waals surface area (Å²) >= 11 is 0. The van der Waals surface area contributed by atoms with E-state index in [4.69, 9.17) is 4.74 Å². The second kappa shape index (κ2) is 4.37. The number of aliphatic hydroxyl groups excluding tert-OH is 1. The van der Waals surface area contributed by atoms with Gasteiger partial charge in [-0.3, -0.25) is 0 Å². The summed E-state index contributed by atoms with van der Waals surface area (Å²) in [6.07, 6.45) is -4.52. The van der Waals surface area contributed by atoms with Gasteiger partial charge in [0.05, 0.1) is 7.11 Å². The fourth-order valence-electron chi connectivity index (χ4n) is 1.31. The van der Waals surface area contributed by atoms with Gasteiger partial charge in [-0.05, 0) is 24.1 Å². The van der Waals surface area contributed by atoms with E-state index in [-0.39, 0.29) is 5.56 Å². The summed E-state index contributed by atoms with van der Waals surface area (Å²) in [5.74, 6) is 0.502. The van der Waals surface area contributed by atoms with E-state index in [9.17, 15) is 13.9 Å². The average molecular weight is 202 g/mol. The standard InChI is InChI=1S/C10H12F2O2/c1-6-7(9(13)10(11)12)4-3-5-8(6)14-2/h3-5,9-10,13H,1-2H3. The molecule has 0 radical (unpaired) electrons. The van der Waals surface area contributed by atoms with Crippen LogP contribution in [-0.2, 0) is 0 Å². The number of hydrogen-bond donors (Lipinski definition) is 1. The van der Waals surface area contributed by atoms with Crippen LogP contribution in [0.25, 0.3) is 0 Å². The predicted molar refractivity (Wildman–Crippen MR) is 48.7 cm³/mol. The van der Waals surface area contributed by atoms with Gasteiger partial charge in [0.15, 0.2) is 0 Å². The summed E-state index contributed by atoms with van der Waals surface area (Å²) in [6.45, 7) is 1.64. The van der Waals surface area contributed by atoms with Gasteiger partial charge in [0.2, 0.25) is 0 Å². The van der Waals surface area contributed by atoms with Crippen molar-refractivity contribution >= 4 is 0 Å². The number of aliphatic hydroxyl groups is 1. The van der Waals surface area contributed by atoms with Crippen LogP contribution in [0.3, 0.4) is 0 Å². The maximum Gasteiger partial charge on any atom is 0.268 e. The van der Waals surface area contributed by atoms with Gasteiger partial charge in [-0.2, -0.15) is 0 Å². The largest absolute Gasteiger partial charge is 0.496 e. The van der Waals surface area contributed by atoms with Gasteiger partial charge in [-0.25, -0.2) is 8.78 Å². The van der Waals surface area contributed by atoms with Crippen molar-refractivity contribution in [1.82, 2.24) is 0 Å².